The fourth-order valence-electron chi connectivity index (χ4n) is 9.19. The van der Waals surface area contributed by atoms with E-state index in [1.807, 2.05) is 272 Å². The van der Waals surface area contributed by atoms with Gasteiger partial charge in [-0.15, -0.1) is 0 Å². The number of fused-ring (bicyclic) bond motifs is 4. The molecule has 0 fully saturated rings. The minimum atomic E-state index is -0.568. The van der Waals surface area contributed by atoms with Gasteiger partial charge in [0.2, 0.25) is 0 Å². The van der Waals surface area contributed by atoms with Crippen molar-refractivity contribution in [3.8, 4) is 23.0 Å². The predicted molar refractivity (Wildman–Crippen MR) is 342 cm³/mol. The van der Waals surface area contributed by atoms with Crippen LogP contribution in [-0.2, 0) is 19.2 Å². The summed E-state index contributed by atoms with van der Waals surface area (Å²) in [6.45, 7) is 17.8. The minimum absolute atomic E-state index is 0.0305. The van der Waals surface area contributed by atoms with Crippen LogP contribution in [0.1, 0.15) is 55.4 Å². The first kappa shape index (κ1) is 61.9. The number of anilines is 2. The van der Waals surface area contributed by atoms with E-state index >= 15 is 0 Å². The Hall–Kier alpha value is -9.68. The average molecular weight is 1130 g/mol. The normalized spacial score (nSPS) is 12.0. The number of hydrogen-bond donors (Lipinski definition) is 2. The maximum atomic E-state index is 12.2. The maximum Gasteiger partial charge on any atom is 0.265 e. The van der Waals surface area contributed by atoms with E-state index in [1.54, 1.807) is 23.6 Å². The van der Waals surface area contributed by atoms with Crippen molar-refractivity contribution in [2.75, 3.05) is 36.8 Å². The fraction of sp³-hybridized carbons (Fsp3) is 0.222. The Labute approximate surface area is 493 Å². The van der Waals surface area contributed by atoms with Gasteiger partial charge in [0.15, 0.2) is 24.4 Å². The first-order chi connectivity index (χ1) is 40.8. The summed E-state index contributed by atoms with van der Waals surface area (Å²) in [5, 5.41) is 14.5. The first-order valence-electron chi connectivity index (χ1n) is 28.7. The van der Waals surface area contributed by atoms with E-state index < -0.39 is 24.4 Å². The highest BCUT2D eigenvalue weighted by molar-refractivity contribution is 5.95. The van der Waals surface area contributed by atoms with Crippen molar-refractivity contribution in [3.63, 3.8) is 0 Å². The van der Waals surface area contributed by atoms with Gasteiger partial charge in [-0.3, -0.25) is 19.2 Å². The zero-order valence-electron chi connectivity index (χ0n) is 49.2. The summed E-state index contributed by atoms with van der Waals surface area (Å²) in [7, 11) is 0. The lowest BCUT2D eigenvalue weighted by Crippen LogP contribution is -2.40. The van der Waals surface area contributed by atoms with Gasteiger partial charge in [0.25, 0.3) is 23.6 Å². The van der Waals surface area contributed by atoms with E-state index in [1.165, 1.54) is 0 Å². The highest BCUT2D eigenvalue weighted by atomic mass is 16.5. The molecule has 0 bridgehead atoms. The van der Waals surface area contributed by atoms with Crippen LogP contribution < -0.4 is 29.6 Å². The number of nitrogens with one attached hydrogen (secondary N) is 2. The molecule has 0 aliphatic heterocycles. The highest BCUT2D eigenvalue weighted by Crippen LogP contribution is 2.29. The number of para-hydroxylation sites is 2. The lowest BCUT2D eigenvalue weighted by atomic mass is 10.1. The molecule has 0 saturated heterocycles. The maximum absolute atomic E-state index is 12.2. The van der Waals surface area contributed by atoms with E-state index in [4.69, 9.17) is 18.9 Å². The van der Waals surface area contributed by atoms with Gasteiger partial charge in [-0.2, -0.15) is 0 Å². The van der Waals surface area contributed by atoms with Crippen molar-refractivity contribution >= 4 is 78.1 Å². The zero-order valence-corrected chi connectivity index (χ0v) is 49.2. The summed E-state index contributed by atoms with van der Waals surface area (Å²) in [5.74, 6) is 2.63. The summed E-state index contributed by atoms with van der Waals surface area (Å²) in [5.41, 5.74) is 1.53. The van der Waals surface area contributed by atoms with Crippen molar-refractivity contribution in [1.29, 1.82) is 0 Å². The Kier molecular flexibility index (Phi) is 23.2. The number of carbonyl (C=O) groups is 4. The van der Waals surface area contributed by atoms with E-state index in [-0.39, 0.29) is 23.6 Å². The van der Waals surface area contributed by atoms with Crippen molar-refractivity contribution in [2.24, 2.45) is 0 Å². The number of carbonyl (C=O) groups excluding carboxylic acids is 4. The molecule has 2 N–H and O–H groups in total. The summed E-state index contributed by atoms with van der Waals surface area (Å²) in [4.78, 5) is 52.4. The highest BCUT2D eigenvalue weighted by Gasteiger charge is 2.22. The van der Waals surface area contributed by atoms with Crippen LogP contribution in [0.5, 0.6) is 23.0 Å². The van der Waals surface area contributed by atoms with Gasteiger partial charge in [-0.25, -0.2) is 0 Å². The van der Waals surface area contributed by atoms with Crippen LogP contribution in [0.2, 0.25) is 0 Å². The molecule has 432 valence electrons. The number of benzene rings is 10. The summed E-state index contributed by atoms with van der Waals surface area (Å²) in [6, 6.07) is 74.3. The Morgan fingerprint density at radius 1 is 0.333 bits per heavy atom. The smallest absolute Gasteiger partial charge is 0.265 e. The van der Waals surface area contributed by atoms with E-state index in [2.05, 4.69) is 10.6 Å². The van der Waals surface area contributed by atoms with Gasteiger partial charge >= 0.3 is 0 Å². The SMILES string of the molecule is CC(Oc1ccc2ccccc2c1)C(=O)Nc1ccccc1.CC(Oc1ccc2ccccc2c1)C(=O)Nc1ccccc1.CCN(CC)C(=O)C(C)Oc1cccc2ccccc12.CCN(CC)C(=O)C(C)Oc1cccc2ccccc12. The zero-order chi connectivity index (χ0) is 59.8. The molecule has 4 amide bonds. The number of likely N-dealkylation sites (N-methyl/N-ethyl adjacent to an activating group) is 2. The summed E-state index contributed by atoms with van der Waals surface area (Å²) < 4.78 is 23.3. The van der Waals surface area contributed by atoms with Crippen molar-refractivity contribution in [1.82, 2.24) is 9.80 Å². The molecular formula is C72H76N4O8. The number of rotatable bonds is 18. The minimum Gasteiger partial charge on any atom is -0.481 e. The van der Waals surface area contributed by atoms with Gasteiger partial charge < -0.3 is 39.4 Å². The van der Waals surface area contributed by atoms with Crippen molar-refractivity contribution < 1.29 is 38.1 Å². The van der Waals surface area contributed by atoms with E-state index in [9.17, 15) is 19.2 Å². The fourth-order valence-corrected chi connectivity index (χ4v) is 9.19. The lowest BCUT2D eigenvalue weighted by Gasteiger charge is -2.23. The van der Waals surface area contributed by atoms with E-state index in [0.717, 1.165) is 66.0 Å². The number of ether oxygens (including phenoxy) is 4. The molecule has 10 aromatic rings. The number of hydrogen-bond acceptors (Lipinski definition) is 8. The molecule has 0 heterocycles. The lowest BCUT2D eigenvalue weighted by molar-refractivity contribution is -0.138. The second kappa shape index (κ2) is 31.5. The van der Waals surface area contributed by atoms with Gasteiger partial charge in [0, 0.05) is 48.3 Å². The van der Waals surface area contributed by atoms with Crippen LogP contribution in [0.25, 0.3) is 43.1 Å². The average Bonchev–Trinajstić information content (AvgIpc) is 3.70. The second-order valence-electron chi connectivity index (χ2n) is 19.7. The molecule has 4 atom stereocenters. The molecule has 4 unspecified atom stereocenters. The Balaban J connectivity index is 0.000000161. The van der Waals surface area contributed by atoms with Crippen molar-refractivity contribution in [2.45, 2.75) is 79.8 Å². The molecule has 12 nitrogen and oxygen atoms in total. The van der Waals surface area contributed by atoms with Gasteiger partial charge in [0.1, 0.15) is 23.0 Å². The third kappa shape index (κ3) is 17.7. The molecule has 10 aromatic carbocycles. The third-order valence-corrected chi connectivity index (χ3v) is 13.8. The number of amides is 4. The largest absolute Gasteiger partial charge is 0.481 e. The van der Waals surface area contributed by atoms with Gasteiger partial charge in [-0.05, 0) is 148 Å². The Morgan fingerprint density at radius 2 is 0.643 bits per heavy atom. The third-order valence-electron chi connectivity index (χ3n) is 13.8. The van der Waals surface area contributed by atoms with Crippen LogP contribution in [0.15, 0.2) is 231 Å². The van der Waals surface area contributed by atoms with Crippen LogP contribution in [-0.4, -0.2) is 84.0 Å². The molecule has 12 heteroatoms. The Morgan fingerprint density at radius 3 is 1.00 bits per heavy atom. The van der Waals surface area contributed by atoms with Crippen LogP contribution in [0.3, 0.4) is 0 Å². The molecule has 0 saturated carbocycles. The molecule has 0 radical (unpaired) electrons. The summed E-state index contributed by atoms with van der Waals surface area (Å²) in [6.07, 6.45) is -2.08. The molecule has 0 aliphatic carbocycles. The van der Waals surface area contributed by atoms with Crippen LogP contribution in [0.4, 0.5) is 11.4 Å². The van der Waals surface area contributed by atoms with Crippen LogP contribution >= 0.6 is 0 Å². The quantitative estimate of drug-likeness (QED) is 0.0867. The standard InChI is InChI=1S/2C19H17NO2.2C17H21NO2/c2*1-14(19(21)20-17-9-3-2-4-10-17)22-18-12-11-15-7-5-6-8-16(15)13-18;2*1-4-18(5-2)17(19)13(3)20-16-12-8-10-14-9-6-7-11-15(14)16/h2*2-14H,1H3,(H,20,21);2*6-13H,4-5H2,1-3H3. The molecule has 0 aliphatic rings. The monoisotopic (exact) mass is 1120 g/mol. The molecule has 84 heavy (non-hydrogen) atoms. The van der Waals surface area contributed by atoms with E-state index in [0.29, 0.717) is 37.7 Å². The van der Waals surface area contributed by atoms with Gasteiger partial charge in [0.05, 0.1) is 0 Å². The topological polar surface area (TPSA) is 136 Å². The van der Waals surface area contributed by atoms with Crippen molar-refractivity contribution in [3.05, 3.63) is 231 Å². The molecule has 0 spiro atoms. The van der Waals surface area contributed by atoms with Crippen LogP contribution in [0, 0.1) is 0 Å². The summed E-state index contributed by atoms with van der Waals surface area (Å²) >= 11 is 0. The molecule has 10 rings (SSSR count). The molecule has 0 aromatic heterocycles. The Bertz CT molecular complexity index is 3460. The van der Waals surface area contributed by atoms with Gasteiger partial charge in [-0.1, -0.05) is 170 Å². The predicted octanol–water partition coefficient (Wildman–Crippen LogP) is 15.4. The second-order valence-corrected chi connectivity index (χ2v) is 19.7. The molecular weight excluding hydrogens is 1050 g/mol. The first-order valence-corrected chi connectivity index (χ1v) is 28.7. The number of nitrogens with zero attached hydrogens (tertiary/aromatic N) is 2.